The van der Waals surface area contributed by atoms with Gasteiger partial charge in [-0.3, -0.25) is 9.69 Å². The van der Waals surface area contributed by atoms with Gasteiger partial charge in [-0.25, -0.2) is 0 Å². The first-order chi connectivity index (χ1) is 8.25. The summed E-state index contributed by atoms with van der Waals surface area (Å²) in [5.74, 6) is -0.732. The number of benzene rings is 1. The van der Waals surface area contributed by atoms with Gasteiger partial charge in [0.25, 0.3) is 0 Å². The highest BCUT2D eigenvalue weighted by atomic mass is 16.5. The quantitative estimate of drug-likeness (QED) is 0.846. The maximum Gasteiger partial charge on any atom is 0.303 e. The lowest BCUT2D eigenvalue weighted by atomic mass is 10.1. The monoisotopic (exact) mass is 235 g/mol. The molecule has 17 heavy (non-hydrogen) atoms. The van der Waals surface area contributed by atoms with E-state index < -0.39 is 5.97 Å². The number of hydrogen-bond acceptors (Lipinski definition) is 3. The van der Waals surface area contributed by atoms with E-state index in [0.717, 1.165) is 13.1 Å². The third-order valence-corrected chi connectivity index (χ3v) is 2.92. The van der Waals surface area contributed by atoms with E-state index in [1.165, 1.54) is 5.56 Å². The van der Waals surface area contributed by atoms with Gasteiger partial charge >= 0.3 is 5.97 Å². The van der Waals surface area contributed by atoms with Crippen LogP contribution in [0.5, 0.6) is 0 Å². The number of nitrogens with zero attached hydrogens (tertiary/aromatic N) is 1. The van der Waals surface area contributed by atoms with Gasteiger partial charge in [-0.1, -0.05) is 30.3 Å². The number of carboxylic acids is 1. The summed E-state index contributed by atoms with van der Waals surface area (Å²) in [6.45, 7) is 2.23. The zero-order valence-corrected chi connectivity index (χ0v) is 9.71. The molecule has 0 spiro atoms. The van der Waals surface area contributed by atoms with Crippen LogP contribution in [0, 0.1) is 0 Å². The lowest BCUT2D eigenvalue weighted by Crippen LogP contribution is -2.22. The highest BCUT2D eigenvalue weighted by molar-refractivity contribution is 5.66. The van der Waals surface area contributed by atoms with E-state index in [1.54, 1.807) is 0 Å². The zero-order chi connectivity index (χ0) is 12.1. The third kappa shape index (κ3) is 3.54. The molecule has 0 saturated carbocycles. The van der Waals surface area contributed by atoms with Crippen molar-refractivity contribution >= 4 is 5.97 Å². The molecule has 0 aromatic heterocycles. The van der Waals surface area contributed by atoms with Crippen LogP contribution in [-0.4, -0.2) is 35.8 Å². The van der Waals surface area contributed by atoms with Crippen LogP contribution in [0.4, 0.5) is 0 Å². The molecule has 1 aromatic carbocycles. The molecule has 4 heteroatoms. The average Bonchev–Trinajstić information content (AvgIpc) is 2.78. The normalized spacial score (nSPS) is 20.6. The van der Waals surface area contributed by atoms with Crippen molar-refractivity contribution < 1.29 is 14.6 Å². The second kappa shape index (κ2) is 5.80. The molecule has 1 N–H and O–H groups in total. The highest BCUT2D eigenvalue weighted by Gasteiger charge is 2.23. The third-order valence-electron chi connectivity index (χ3n) is 2.92. The first-order valence-corrected chi connectivity index (χ1v) is 5.86. The van der Waals surface area contributed by atoms with Crippen LogP contribution in [0.2, 0.25) is 0 Å². The summed E-state index contributed by atoms with van der Waals surface area (Å²) in [5.41, 5.74) is 1.19. The Morgan fingerprint density at radius 3 is 2.88 bits per heavy atom. The summed E-state index contributed by atoms with van der Waals surface area (Å²) in [5, 5.41) is 8.57. The molecule has 1 fully saturated rings. The SMILES string of the molecule is O=C(O)CCCN1COC(c2ccccc2)C1. The van der Waals surface area contributed by atoms with Crippen LogP contribution in [0.25, 0.3) is 0 Å². The van der Waals surface area contributed by atoms with E-state index >= 15 is 0 Å². The Hall–Kier alpha value is -1.39. The maximum absolute atomic E-state index is 10.4. The first-order valence-electron chi connectivity index (χ1n) is 5.86. The van der Waals surface area contributed by atoms with Gasteiger partial charge < -0.3 is 9.84 Å². The predicted molar refractivity (Wildman–Crippen MR) is 63.6 cm³/mol. The average molecular weight is 235 g/mol. The van der Waals surface area contributed by atoms with Crippen molar-refractivity contribution in [2.45, 2.75) is 18.9 Å². The van der Waals surface area contributed by atoms with Crippen molar-refractivity contribution in [3.8, 4) is 0 Å². The van der Waals surface area contributed by atoms with Crippen molar-refractivity contribution in [1.29, 1.82) is 0 Å². The number of ether oxygens (including phenoxy) is 1. The molecule has 1 aromatic rings. The molecule has 0 amide bonds. The van der Waals surface area contributed by atoms with Crippen LogP contribution < -0.4 is 0 Å². The standard InChI is InChI=1S/C13H17NO3/c15-13(16)7-4-8-14-9-12(17-10-14)11-5-2-1-3-6-11/h1-3,5-6,12H,4,7-10H2,(H,15,16). The van der Waals surface area contributed by atoms with Gasteiger partial charge in [0, 0.05) is 19.5 Å². The topological polar surface area (TPSA) is 49.8 Å². The minimum absolute atomic E-state index is 0.126. The van der Waals surface area contributed by atoms with Gasteiger partial charge in [-0.15, -0.1) is 0 Å². The second-order valence-electron chi connectivity index (χ2n) is 4.27. The fourth-order valence-corrected chi connectivity index (χ4v) is 2.01. The number of rotatable bonds is 5. The summed E-state index contributed by atoms with van der Waals surface area (Å²) in [6, 6.07) is 10.1. The molecule has 1 aliphatic rings. The Morgan fingerprint density at radius 2 is 2.18 bits per heavy atom. The largest absolute Gasteiger partial charge is 0.481 e. The minimum Gasteiger partial charge on any atom is -0.481 e. The molecule has 1 aliphatic heterocycles. The van der Waals surface area contributed by atoms with Gasteiger partial charge in [0.05, 0.1) is 12.8 Å². The van der Waals surface area contributed by atoms with Crippen LogP contribution in [-0.2, 0) is 9.53 Å². The Morgan fingerprint density at radius 1 is 1.41 bits per heavy atom. The summed E-state index contributed by atoms with van der Waals surface area (Å²) in [6.07, 6.45) is 1.04. The molecule has 1 saturated heterocycles. The first kappa shape index (κ1) is 12.1. The molecule has 4 nitrogen and oxygen atoms in total. The van der Waals surface area contributed by atoms with Gasteiger partial charge in [0.2, 0.25) is 0 Å². The van der Waals surface area contributed by atoms with Gasteiger partial charge in [0.15, 0.2) is 0 Å². The van der Waals surface area contributed by atoms with E-state index in [2.05, 4.69) is 17.0 Å². The number of aliphatic carboxylic acids is 1. The zero-order valence-electron chi connectivity index (χ0n) is 9.71. The smallest absolute Gasteiger partial charge is 0.303 e. The van der Waals surface area contributed by atoms with Gasteiger partial charge in [0.1, 0.15) is 0 Å². The molecular weight excluding hydrogens is 218 g/mol. The number of hydrogen-bond donors (Lipinski definition) is 1. The van der Waals surface area contributed by atoms with E-state index in [4.69, 9.17) is 9.84 Å². The van der Waals surface area contributed by atoms with Crippen LogP contribution in [0.1, 0.15) is 24.5 Å². The predicted octanol–water partition coefficient (Wildman–Crippen LogP) is 1.88. The number of carbonyl (C=O) groups is 1. The number of carboxylic acid groups (broad SMARTS) is 1. The molecule has 2 rings (SSSR count). The molecule has 0 bridgehead atoms. The van der Waals surface area contributed by atoms with Crippen molar-refractivity contribution in [2.75, 3.05) is 19.8 Å². The Labute approximate surface area is 101 Å². The van der Waals surface area contributed by atoms with Crippen molar-refractivity contribution in [1.82, 2.24) is 4.90 Å². The summed E-state index contributed by atoms with van der Waals surface area (Å²) in [7, 11) is 0. The molecule has 0 aliphatic carbocycles. The lowest BCUT2D eigenvalue weighted by Gasteiger charge is -2.12. The summed E-state index contributed by atoms with van der Waals surface area (Å²) >= 11 is 0. The molecule has 0 radical (unpaired) electrons. The summed E-state index contributed by atoms with van der Waals surface area (Å²) in [4.78, 5) is 12.6. The van der Waals surface area contributed by atoms with Crippen molar-refractivity contribution in [3.05, 3.63) is 35.9 Å². The van der Waals surface area contributed by atoms with E-state index in [0.29, 0.717) is 13.2 Å². The van der Waals surface area contributed by atoms with E-state index in [9.17, 15) is 4.79 Å². The highest BCUT2D eigenvalue weighted by Crippen LogP contribution is 2.24. The molecule has 1 heterocycles. The van der Waals surface area contributed by atoms with Crippen LogP contribution >= 0.6 is 0 Å². The molecule has 92 valence electrons. The van der Waals surface area contributed by atoms with Crippen LogP contribution in [0.15, 0.2) is 30.3 Å². The fourth-order valence-electron chi connectivity index (χ4n) is 2.01. The maximum atomic E-state index is 10.4. The molecular formula is C13H17NO3. The van der Waals surface area contributed by atoms with E-state index in [-0.39, 0.29) is 12.5 Å². The molecule has 1 unspecified atom stereocenters. The van der Waals surface area contributed by atoms with Crippen molar-refractivity contribution in [2.24, 2.45) is 0 Å². The van der Waals surface area contributed by atoms with Crippen LogP contribution in [0.3, 0.4) is 0 Å². The fraction of sp³-hybridized carbons (Fsp3) is 0.462. The van der Waals surface area contributed by atoms with Gasteiger partial charge in [-0.2, -0.15) is 0 Å². The van der Waals surface area contributed by atoms with Gasteiger partial charge in [-0.05, 0) is 12.0 Å². The minimum atomic E-state index is -0.732. The lowest BCUT2D eigenvalue weighted by molar-refractivity contribution is -0.137. The Kier molecular flexibility index (Phi) is 4.12. The second-order valence-corrected chi connectivity index (χ2v) is 4.27. The van der Waals surface area contributed by atoms with E-state index in [1.807, 2.05) is 18.2 Å². The Bertz CT molecular complexity index is 366. The molecule has 1 atom stereocenters. The van der Waals surface area contributed by atoms with Crippen molar-refractivity contribution in [3.63, 3.8) is 0 Å². The Balaban J connectivity index is 1.78. The summed E-state index contributed by atoms with van der Waals surface area (Å²) < 4.78 is 5.69.